The molecule has 102 valence electrons. The summed E-state index contributed by atoms with van der Waals surface area (Å²) in [5.41, 5.74) is 3.44. The molecule has 1 aromatic heterocycles. The normalized spacial score (nSPS) is 11.7. The third-order valence-corrected chi connectivity index (χ3v) is 2.91. The molecule has 6 nitrogen and oxygen atoms in total. The Labute approximate surface area is 108 Å². The Hall–Kier alpha value is -1.56. The first kappa shape index (κ1) is 14.5. The van der Waals surface area contributed by atoms with E-state index in [0.29, 0.717) is 6.61 Å². The van der Waals surface area contributed by atoms with Crippen LogP contribution < -0.4 is 10.6 Å². The number of hydrogen-bond donors (Lipinski definition) is 2. The predicted molar refractivity (Wildman–Crippen MR) is 72.8 cm³/mol. The van der Waals surface area contributed by atoms with Gasteiger partial charge >= 0.3 is 0 Å². The minimum absolute atomic E-state index is 0.658. The number of nitrogens with one attached hydrogen (secondary N) is 2. The molecule has 0 spiro atoms. The van der Waals surface area contributed by atoms with E-state index >= 15 is 0 Å². The fraction of sp³-hybridized carbons (Fsp3) is 0.667. The zero-order valence-corrected chi connectivity index (χ0v) is 11.9. The second-order valence-electron chi connectivity index (χ2n) is 4.12. The number of ether oxygens (including phenoxy) is 1. The van der Waals surface area contributed by atoms with Crippen LogP contribution in [0.15, 0.2) is 4.99 Å². The summed E-state index contributed by atoms with van der Waals surface area (Å²) >= 11 is 0. The van der Waals surface area contributed by atoms with E-state index in [9.17, 15) is 0 Å². The van der Waals surface area contributed by atoms with Crippen molar-refractivity contribution < 1.29 is 4.74 Å². The average molecular weight is 253 g/mol. The molecule has 0 aliphatic rings. The number of methoxy groups -OCH3 is 1. The van der Waals surface area contributed by atoms with Crippen molar-refractivity contribution in [1.29, 1.82) is 0 Å². The lowest BCUT2D eigenvalue weighted by molar-refractivity contribution is 0.203. The van der Waals surface area contributed by atoms with Gasteiger partial charge in [0.1, 0.15) is 0 Å². The Kier molecular flexibility index (Phi) is 5.64. The van der Waals surface area contributed by atoms with Crippen molar-refractivity contribution in [2.45, 2.75) is 20.4 Å². The summed E-state index contributed by atoms with van der Waals surface area (Å²) in [6, 6.07) is 0. The summed E-state index contributed by atoms with van der Waals surface area (Å²) in [5.74, 6) is 0.773. The molecular weight excluding hydrogens is 230 g/mol. The SMILES string of the molecule is CN=C(NCCOC)NCc1c(C)nn(C)c1C. The minimum atomic E-state index is 0.658. The van der Waals surface area contributed by atoms with Gasteiger partial charge in [-0.25, -0.2) is 0 Å². The molecule has 0 unspecified atom stereocenters. The van der Waals surface area contributed by atoms with Crippen molar-refractivity contribution in [2.75, 3.05) is 27.3 Å². The second-order valence-corrected chi connectivity index (χ2v) is 4.12. The number of aliphatic imine (C=N–C) groups is 1. The molecule has 0 fully saturated rings. The summed E-state index contributed by atoms with van der Waals surface area (Å²) < 4.78 is 6.88. The maximum atomic E-state index is 4.98. The van der Waals surface area contributed by atoms with E-state index in [-0.39, 0.29) is 0 Å². The third kappa shape index (κ3) is 3.73. The first-order valence-corrected chi connectivity index (χ1v) is 6.02. The van der Waals surface area contributed by atoms with Crippen molar-refractivity contribution in [3.05, 3.63) is 17.0 Å². The standard InChI is InChI=1S/C12H23N5O/c1-9-11(10(2)17(4)16-9)8-15-12(13-3)14-6-7-18-5/h6-8H2,1-5H3,(H2,13,14,15). The van der Waals surface area contributed by atoms with Crippen molar-refractivity contribution in [2.24, 2.45) is 12.0 Å². The van der Waals surface area contributed by atoms with Gasteiger partial charge in [0, 0.05) is 45.6 Å². The first-order chi connectivity index (χ1) is 8.60. The number of nitrogens with zero attached hydrogens (tertiary/aromatic N) is 3. The van der Waals surface area contributed by atoms with Crippen molar-refractivity contribution in [3.8, 4) is 0 Å². The number of aryl methyl sites for hydroxylation is 2. The third-order valence-electron chi connectivity index (χ3n) is 2.91. The van der Waals surface area contributed by atoms with Gasteiger partial charge in [0.05, 0.1) is 12.3 Å². The van der Waals surface area contributed by atoms with Gasteiger partial charge < -0.3 is 15.4 Å². The van der Waals surface area contributed by atoms with E-state index in [0.717, 1.165) is 24.7 Å². The summed E-state index contributed by atoms with van der Waals surface area (Å²) in [6.07, 6.45) is 0. The molecule has 0 saturated carbocycles. The van der Waals surface area contributed by atoms with Crippen LogP contribution in [-0.2, 0) is 18.3 Å². The molecule has 0 aliphatic heterocycles. The Balaban J connectivity index is 2.52. The fourth-order valence-electron chi connectivity index (χ4n) is 1.74. The lowest BCUT2D eigenvalue weighted by atomic mass is 10.2. The van der Waals surface area contributed by atoms with Crippen LogP contribution in [0.4, 0.5) is 0 Å². The van der Waals surface area contributed by atoms with Crippen LogP contribution in [-0.4, -0.2) is 43.0 Å². The number of rotatable bonds is 5. The van der Waals surface area contributed by atoms with Crippen LogP contribution in [0.5, 0.6) is 0 Å². The maximum Gasteiger partial charge on any atom is 0.191 e. The Morgan fingerprint density at radius 1 is 1.39 bits per heavy atom. The van der Waals surface area contributed by atoms with Crippen LogP contribution >= 0.6 is 0 Å². The monoisotopic (exact) mass is 253 g/mol. The Bertz CT molecular complexity index is 411. The van der Waals surface area contributed by atoms with E-state index in [1.807, 2.05) is 18.7 Å². The van der Waals surface area contributed by atoms with Gasteiger partial charge in [-0.15, -0.1) is 0 Å². The molecule has 0 aromatic carbocycles. The van der Waals surface area contributed by atoms with Crippen LogP contribution in [0.3, 0.4) is 0 Å². The number of guanidine groups is 1. The lowest BCUT2D eigenvalue weighted by Gasteiger charge is -2.11. The topological polar surface area (TPSA) is 63.5 Å². The maximum absolute atomic E-state index is 4.98. The van der Waals surface area contributed by atoms with E-state index in [4.69, 9.17) is 4.74 Å². The quantitative estimate of drug-likeness (QED) is 0.451. The van der Waals surface area contributed by atoms with E-state index in [2.05, 4.69) is 27.6 Å². The van der Waals surface area contributed by atoms with Crippen molar-refractivity contribution in [1.82, 2.24) is 20.4 Å². The highest BCUT2D eigenvalue weighted by atomic mass is 16.5. The molecule has 0 saturated heterocycles. The molecule has 0 atom stereocenters. The fourth-order valence-corrected chi connectivity index (χ4v) is 1.74. The molecule has 1 rings (SSSR count). The van der Waals surface area contributed by atoms with Crippen LogP contribution in [0.1, 0.15) is 17.0 Å². The highest BCUT2D eigenvalue weighted by Gasteiger charge is 2.09. The zero-order chi connectivity index (χ0) is 13.5. The van der Waals surface area contributed by atoms with Gasteiger partial charge in [-0.1, -0.05) is 0 Å². The number of aromatic nitrogens is 2. The lowest BCUT2D eigenvalue weighted by Crippen LogP contribution is -2.38. The van der Waals surface area contributed by atoms with Crippen molar-refractivity contribution in [3.63, 3.8) is 0 Å². The second kappa shape index (κ2) is 7.00. The molecule has 18 heavy (non-hydrogen) atoms. The zero-order valence-electron chi connectivity index (χ0n) is 11.9. The van der Waals surface area contributed by atoms with Crippen LogP contribution in [0.2, 0.25) is 0 Å². The predicted octanol–water partition coefficient (Wildman–Crippen LogP) is 0.348. The highest BCUT2D eigenvalue weighted by molar-refractivity contribution is 5.79. The molecule has 1 aromatic rings. The summed E-state index contributed by atoms with van der Waals surface area (Å²) in [4.78, 5) is 4.15. The molecule has 0 aliphatic carbocycles. The Morgan fingerprint density at radius 2 is 2.11 bits per heavy atom. The Morgan fingerprint density at radius 3 is 2.61 bits per heavy atom. The average Bonchev–Trinajstić information content (AvgIpc) is 2.59. The molecule has 0 radical (unpaired) electrons. The van der Waals surface area contributed by atoms with E-state index in [1.165, 1.54) is 11.3 Å². The molecule has 2 N–H and O–H groups in total. The van der Waals surface area contributed by atoms with Gasteiger partial charge in [-0.05, 0) is 13.8 Å². The van der Waals surface area contributed by atoms with E-state index in [1.54, 1.807) is 14.2 Å². The van der Waals surface area contributed by atoms with Gasteiger partial charge in [-0.3, -0.25) is 9.67 Å². The van der Waals surface area contributed by atoms with Crippen LogP contribution in [0, 0.1) is 13.8 Å². The van der Waals surface area contributed by atoms with Gasteiger partial charge in [-0.2, -0.15) is 5.10 Å². The highest BCUT2D eigenvalue weighted by Crippen LogP contribution is 2.10. The number of hydrogen-bond acceptors (Lipinski definition) is 3. The minimum Gasteiger partial charge on any atom is -0.383 e. The molecule has 0 amide bonds. The molecule has 1 heterocycles. The smallest absolute Gasteiger partial charge is 0.191 e. The molecule has 0 bridgehead atoms. The van der Waals surface area contributed by atoms with Crippen molar-refractivity contribution >= 4 is 5.96 Å². The van der Waals surface area contributed by atoms with E-state index < -0.39 is 0 Å². The van der Waals surface area contributed by atoms with Crippen LogP contribution in [0.25, 0.3) is 0 Å². The largest absolute Gasteiger partial charge is 0.383 e. The summed E-state index contributed by atoms with van der Waals surface area (Å²) in [5, 5.41) is 10.8. The molecule has 6 heteroatoms. The van der Waals surface area contributed by atoms with Gasteiger partial charge in [0.2, 0.25) is 0 Å². The van der Waals surface area contributed by atoms with Gasteiger partial charge in [0.25, 0.3) is 0 Å². The van der Waals surface area contributed by atoms with Gasteiger partial charge in [0.15, 0.2) is 5.96 Å². The molecular formula is C12H23N5O. The first-order valence-electron chi connectivity index (χ1n) is 6.02. The summed E-state index contributed by atoms with van der Waals surface area (Å²) in [6.45, 7) is 6.20. The summed E-state index contributed by atoms with van der Waals surface area (Å²) in [7, 11) is 5.39.